The normalized spacial score (nSPS) is 20.4. The molecule has 0 aromatic carbocycles. The molecule has 0 bridgehead atoms. The summed E-state index contributed by atoms with van der Waals surface area (Å²) in [7, 11) is 1.91. The molecule has 2 fully saturated rings. The standard InChI is InChI=1S/C19H31N5O/c1-3-10-23(2)19(25)9-6-15-5-4-11-24(13-15)18-12-17(20-14-21-18)22-16-7-8-16/h12,14-16H,3-11,13H2,1-2H3,(H,20,21,22)/t15-/m0/s1. The Morgan fingerprint density at radius 2 is 2.20 bits per heavy atom. The fourth-order valence-electron chi connectivity index (χ4n) is 3.52. The molecule has 3 rings (SSSR count). The molecule has 6 nitrogen and oxygen atoms in total. The number of nitrogens with one attached hydrogen (secondary N) is 1. The average Bonchev–Trinajstić information content (AvgIpc) is 3.44. The Morgan fingerprint density at radius 3 is 2.96 bits per heavy atom. The van der Waals surface area contributed by atoms with Gasteiger partial charge in [-0.1, -0.05) is 6.92 Å². The van der Waals surface area contributed by atoms with Gasteiger partial charge in [0.05, 0.1) is 0 Å². The molecule has 0 spiro atoms. The first-order valence-electron chi connectivity index (χ1n) is 9.73. The van der Waals surface area contributed by atoms with E-state index in [0.717, 1.165) is 44.1 Å². The molecular formula is C19H31N5O. The van der Waals surface area contributed by atoms with E-state index in [9.17, 15) is 4.79 Å². The average molecular weight is 345 g/mol. The first kappa shape index (κ1) is 18.0. The molecule has 6 heteroatoms. The van der Waals surface area contributed by atoms with Gasteiger partial charge >= 0.3 is 0 Å². The number of aromatic nitrogens is 2. The fraction of sp³-hybridized carbons (Fsp3) is 0.737. The van der Waals surface area contributed by atoms with Gasteiger partial charge in [-0.15, -0.1) is 0 Å². The molecular weight excluding hydrogens is 314 g/mol. The molecule has 1 saturated carbocycles. The Morgan fingerprint density at radius 1 is 1.36 bits per heavy atom. The minimum Gasteiger partial charge on any atom is -0.367 e. The van der Waals surface area contributed by atoms with Gasteiger partial charge in [-0.2, -0.15) is 0 Å². The van der Waals surface area contributed by atoms with Crippen molar-refractivity contribution in [3.05, 3.63) is 12.4 Å². The SMILES string of the molecule is CCCN(C)C(=O)CC[C@@H]1CCCN(c2cc(NC3CC3)ncn2)C1. The van der Waals surface area contributed by atoms with Gasteiger partial charge in [0.1, 0.15) is 18.0 Å². The highest BCUT2D eigenvalue weighted by molar-refractivity contribution is 5.75. The number of rotatable bonds is 8. The predicted molar refractivity (Wildman–Crippen MR) is 101 cm³/mol. The molecule has 1 saturated heterocycles. The first-order valence-corrected chi connectivity index (χ1v) is 9.73. The first-order chi connectivity index (χ1) is 12.2. The molecule has 138 valence electrons. The summed E-state index contributed by atoms with van der Waals surface area (Å²) in [4.78, 5) is 25.2. The second-order valence-electron chi connectivity index (χ2n) is 7.49. The van der Waals surface area contributed by atoms with Crippen molar-refractivity contribution in [3.63, 3.8) is 0 Å². The maximum Gasteiger partial charge on any atom is 0.222 e. The summed E-state index contributed by atoms with van der Waals surface area (Å²) in [6.07, 6.45) is 9.17. The van der Waals surface area contributed by atoms with E-state index in [1.807, 2.05) is 11.9 Å². The maximum absolute atomic E-state index is 12.2. The van der Waals surface area contributed by atoms with Crippen molar-refractivity contribution >= 4 is 17.5 Å². The third-order valence-electron chi connectivity index (χ3n) is 5.18. The molecule has 1 aromatic heterocycles. The van der Waals surface area contributed by atoms with Gasteiger partial charge in [-0.25, -0.2) is 9.97 Å². The van der Waals surface area contributed by atoms with Crippen LogP contribution in [0, 0.1) is 5.92 Å². The largest absolute Gasteiger partial charge is 0.367 e. The number of carbonyl (C=O) groups is 1. The zero-order chi connectivity index (χ0) is 17.6. The van der Waals surface area contributed by atoms with E-state index >= 15 is 0 Å². The topological polar surface area (TPSA) is 61.4 Å². The summed E-state index contributed by atoms with van der Waals surface area (Å²) in [6, 6.07) is 2.67. The van der Waals surface area contributed by atoms with E-state index in [4.69, 9.17) is 0 Å². The highest BCUT2D eigenvalue weighted by Crippen LogP contribution is 2.28. The van der Waals surface area contributed by atoms with Crippen LogP contribution in [0.25, 0.3) is 0 Å². The van der Waals surface area contributed by atoms with Crippen molar-refractivity contribution in [2.75, 3.05) is 36.9 Å². The Labute approximate surface area is 151 Å². The summed E-state index contributed by atoms with van der Waals surface area (Å²) in [5, 5.41) is 3.44. The van der Waals surface area contributed by atoms with E-state index in [0.29, 0.717) is 18.4 Å². The van der Waals surface area contributed by atoms with Gasteiger partial charge in [0.15, 0.2) is 0 Å². The molecule has 0 radical (unpaired) electrons. The van der Waals surface area contributed by atoms with Crippen molar-refractivity contribution in [2.24, 2.45) is 5.92 Å². The lowest BCUT2D eigenvalue weighted by Crippen LogP contribution is -2.36. The van der Waals surface area contributed by atoms with Crippen LogP contribution in [-0.2, 0) is 4.79 Å². The van der Waals surface area contributed by atoms with Crippen LogP contribution < -0.4 is 10.2 Å². The smallest absolute Gasteiger partial charge is 0.222 e. The van der Waals surface area contributed by atoms with Gasteiger partial charge in [0, 0.05) is 45.2 Å². The van der Waals surface area contributed by atoms with Crippen molar-refractivity contribution in [2.45, 2.75) is 57.9 Å². The quantitative estimate of drug-likeness (QED) is 0.785. The van der Waals surface area contributed by atoms with E-state index in [-0.39, 0.29) is 5.91 Å². The second kappa shape index (κ2) is 8.50. The minimum absolute atomic E-state index is 0.275. The molecule has 1 N–H and O–H groups in total. The second-order valence-corrected chi connectivity index (χ2v) is 7.49. The fourth-order valence-corrected chi connectivity index (χ4v) is 3.52. The zero-order valence-electron chi connectivity index (χ0n) is 15.6. The number of hydrogen-bond acceptors (Lipinski definition) is 5. The van der Waals surface area contributed by atoms with Crippen molar-refractivity contribution in [1.29, 1.82) is 0 Å². The molecule has 1 aliphatic heterocycles. The van der Waals surface area contributed by atoms with E-state index < -0.39 is 0 Å². The summed E-state index contributed by atoms with van der Waals surface area (Å²) in [5.41, 5.74) is 0. The van der Waals surface area contributed by atoms with Crippen molar-refractivity contribution in [3.8, 4) is 0 Å². The Kier molecular flexibility index (Phi) is 6.10. The van der Waals surface area contributed by atoms with Crippen LogP contribution in [0.15, 0.2) is 12.4 Å². The van der Waals surface area contributed by atoms with Crippen LogP contribution in [0.2, 0.25) is 0 Å². The lowest BCUT2D eigenvalue weighted by atomic mass is 9.93. The van der Waals surface area contributed by atoms with Gasteiger partial charge in [-0.05, 0) is 44.4 Å². The van der Waals surface area contributed by atoms with Crippen LogP contribution in [0.3, 0.4) is 0 Å². The molecule has 25 heavy (non-hydrogen) atoms. The van der Waals surface area contributed by atoms with Crippen LogP contribution >= 0.6 is 0 Å². The molecule has 1 amide bonds. The van der Waals surface area contributed by atoms with Gasteiger partial charge < -0.3 is 15.1 Å². The number of nitrogens with zero attached hydrogens (tertiary/aromatic N) is 4. The number of carbonyl (C=O) groups excluding carboxylic acids is 1. The lowest BCUT2D eigenvalue weighted by Gasteiger charge is -2.33. The van der Waals surface area contributed by atoms with Crippen LogP contribution in [0.4, 0.5) is 11.6 Å². The summed E-state index contributed by atoms with van der Waals surface area (Å²) in [6.45, 7) is 4.99. The van der Waals surface area contributed by atoms with Crippen molar-refractivity contribution < 1.29 is 4.79 Å². The lowest BCUT2D eigenvalue weighted by molar-refractivity contribution is -0.130. The highest BCUT2D eigenvalue weighted by Gasteiger charge is 2.24. The van der Waals surface area contributed by atoms with E-state index in [2.05, 4.69) is 33.2 Å². The molecule has 1 aliphatic carbocycles. The Hall–Kier alpha value is -1.85. The highest BCUT2D eigenvalue weighted by atomic mass is 16.2. The minimum atomic E-state index is 0.275. The Bertz CT molecular complexity index is 575. The van der Waals surface area contributed by atoms with Gasteiger partial charge in [0.25, 0.3) is 0 Å². The summed E-state index contributed by atoms with van der Waals surface area (Å²) >= 11 is 0. The molecule has 1 atom stereocenters. The van der Waals surface area contributed by atoms with Gasteiger partial charge in [0.2, 0.25) is 5.91 Å². The molecule has 1 aromatic rings. The number of anilines is 2. The number of piperidine rings is 1. The van der Waals surface area contributed by atoms with Crippen LogP contribution in [0.5, 0.6) is 0 Å². The summed E-state index contributed by atoms with van der Waals surface area (Å²) in [5.74, 6) is 2.79. The predicted octanol–water partition coefficient (Wildman–Crippen LogP) is 2.92. The zero-order valence-corrected chi connectivity index (χ0v) is 15.6. The van der Waals surface area contributed by atoms with E-state index in [1.165, 1.54) is 25.7 Å². The molecule has 2 aliphatic rings. The van der Waals surface area contributed by atoms with Crippen molar-refractivity contribution in [1.82, 2.24) is 14.9 Å². The number of hydrogen-bond donors (Lipinski definition) is 1. The van der Waals surface area contributed by atoms with Gasteiger partial charge in [-0.3, -0.25) is 4.79 Å². The van der Waals surface area contributed by atoms with Crippen LogP contribution in [-0.4, -0.2) is 53.5 Å². The Balaban J connectivity index is 1.51. The van der Waals surface area contributed by atoms with Crippen LogP contribution in [0.1, 0.15) is 51.9 Å². The monoisotopic (exact) mass is 345 g/mol. The number of amides is 1. The van der Waals surface area contributed by atoms with E-state index in [1.54, 1.807) is 6.33 Å². The third kappa shape index (κ3) is 5.31. The third-order valence-corrected chi connectivity index (χ3v) is 5.18. The maximum atomic E-state index is 12.2. The summed E-state index contributed by atoms with van der Waals surface area (Å²) < 4.78 is 0. The molecule has 2 heterocycles. The molecule has 0 unspecified atom stereocenters.